The van der Waals surface area contributed by atoms with Gasteiger partial charge in [-0.3, -0.25) is 9.59 Å². The summed E-state index contributed by atoms with van der Waals surface area (Å²) >= 11 is 0. The highest BCUT2D eigenvalue weighted by atomic mass is 16.7. The summed E-state index contributed by atoms with van der Waals surface area (Å²) in [6, 6.07) is 21.7. The molecule has 0 saturated heterocycles. The van der Waals surface area contributed by atoms with Crippen LogP contribution < -0.4 is 20.9 Å². The lowest BCUT2D eigenvalue weighted by Crippen LogP contribution is -2.56. The number of rotatable bonds is 16. The van der Waals surface area contributed by atoms with E-state index in [0.29, 0.717) is 35.8 Å². The van der Waals surface area contributed by atoms with Crippen LogP contribution in [0.15, 0.2) is 72.8 Å². The molecule has 4 rings (SSSR count). The Morgan fingerprint density at radius 2 is 1.47 bits per heavy atom. The van der Waals surface area contributed by atoms with Crippen molar-refractivity contribution in [3.8, 4) is 0 Å². The first kappa shape index (κ1) is 33.7. The quantitative estimate of drug-likeness (QED) is 0.120. The van der Waals surface area contributed by atoms with Gasteiger partial charge in [-0.05, 0) is 69.5 Å². The monoisotopic (exact) mass is 614 g/mol. The molecule has 1 aliphatic rings. The van der Waals surface area contributed by atoms with E-state index in [9.17, 15) is 14.4 Å². The molecule has 0 spiro atoms. The Labute approximate surface area is 266 Å². The van der Waals surface area contributed by atoms with Crippen LogP contribution in [-0.4, -0.2) is 43.9 Å². The molecule has 45 heavy (non-hydrogen) atoms. The van der Waals surface area contributed by atoms with E-state index >= 15 is 0 Å². The number of amides is 4. The lowest BCUT2D eigenvalue weighted by atomic mass is 9.87. The zero-order chi connectivity index (χ0) is 32.2. The lowest BCUT2D eigenvalue weighted by Gasteiger charge is -2.30. The summed E-state index contributed by atoms with van der Waals surface area (Å²) in [5.41, 5.74) is 2.89. The summed E-state index contributed by atoms with van der Waals surface area (Å²) in [7, 11) is 0. The smallest absolute Gasteiger partial charge is 0.320 e. The van der Waals surface area contributed by atoms with Crippen molar-refractivity contribution in [2.75, 3.05) is 35.3 Å². The van der Waals surface area contributed by atoms with Crippen LogP contribution in [0.2, 0.25) is 0 Å². The van der Waals surface area contributed by atoms with E-state index in [-0.39, 0.29) is 13.0 Å². The molecular formula is C36H46N4O5. The molecule has 0 aromatic heterocycles. The first-order valence-electron chi connectivity index (χ1n) is 16.0. The topological polar surface area (TPSA) is 109 Å². The molecule has 4 amide bonds. The van der Waals surface area contributed by atoms with Gasteiger partial charge in [0, 0.05) is 30.2 Å². The number of ether oxygens (including phenoxy) is 2. The number of hydrogen-bond acceptors (Lipinski definition) is 5. The molecule has 1 heterocycles. The number of anilines is 3. The molecule has 3 aromatic rings. The third-order valence-electron chi connectivity index (χ3n) is 7.92. The summed E-state index contributed by atoms with van der Waals surface area (Å²) in [6.07, 6.45) is 4.75. The number of para-hydroxylation sites is 1. The largest absolute Gasteiger partial charge is 0.351 e. The predicted molar refractivity (Wildman–Crippen MR) is 178 cm³/mol. The lowest BCUT2D eigenvalue weighted by molar-refractivity contribution is -0.138. The highest BCUT2D eigenvalue weighted by Crippen LogP contribution is 2.43. The van der Waals surface area contributed by atoms with Crippen molar-refractivity contribution in [2.45, 2.75) is 78.0 Å². The van der Waals surface area contributed by atoms with Gasteiger partial charge in [-0.1, -0.05) is 74.2 Å². The Hall–Kier alpha value is -4.21. The fourth-order valence-electron chi connectivity index (χ4n) is 5.67. The van der Waals surface area contributed by atoms with Crippen LogP contribution in [0.4, 0.5) is 21.9 Å². The normalized spacial score (nSPS) is 15.7. The molecule has 0 radical (unpaired) electrons. The maximum absolute atomic E-state index is 14.4. The molecule has 1 atom stereocenters. The molecule has 1 aliphatic heterocycles. The predicted octanol–water partition coefficient (Wildman–Crippen LogP) is 6.91. The standard InChI is InChI=1S/C36H46N4O5/c1-5-8-9-10-13-27-18-22-28(23-19-27)37-32(41)24-36(39-35(43)38-29-20-16-26(4)17-21-29)30-14-11-12-15-31(30)40(34(36)42)25-33(44-6-2)45-7-3/h11-12,14-23,33H,5-10,13,24-25H2,1-4H3,(H,37,41)(H2,38,39,43). The molecule has 3 aromatic carbocycles. The minimum absolute atomic E-state index is 0.0991. The van der Waals surface area contributed by atoms with Gasteiger partial charge in [0.15, 0.2) is 11.8 Å². The maximum Gasteiger partial charge on any atom is 0.320 e. The second-order valence-corrected chi connectivity index (χ2v) is 11.4. The summed E-state index contributed by atoms with van der Waals surface area (Å²) in [5.74, 6) is -0.845. The van der Waals surface area contributed by atoms with Crippen molar-refractivity contribution >= 4 is 34.9 Å². The molecule has 0 saturated carbocycles. The average Bonchev–Trinajstić information content (AvgIpc) is 3.24. The summed E-state index contributed by atoms with van der Waals surface area (Å²) in [6.45, 7) is 8.77. The highest BCUT2D eigenvalue weighted by molar-refractivity contribution is 6.12. The number of nitrogens with zero attached hydrogens (tertiary/aromatic N) is 1. The number of benzene rings is 3. The number of unbranched alkanes of at least 4 members (excludes halogenated alkanes) is 3. The Bertz CT molecular complexity index is 1420. The molecule has 0 aliphatic carbocycles. The van der Waals surface area contributed by atoms with Gasteiger partial charge in [-0.15, -0.1) is 0 Å². The Kier molecular flexibility index (Phi) is 12.1. The van der Waals surface area contributed by atoms with Crippen LogP contribution in [0.5, 0.6) is 0 Å². The van der Waals surface area contributed by atoms with Crippen LogP contribution in [0.25, 0.3) is 0 Å². The van der Waals surface area contributed by atoms with Gasteiger partial charge < -0.3 is 30.3 Å². The van der Waals surface area contributed by atoms with E-state index in [1.165, 1.54) is 29.7 Å². The number of aryl methyl sites for hydroxylation is 2. The van der Waals surface area contributed by atoms with Gasteiger partial charge in [-0.2, -0.15) is 0 Å². The van der Waals surface area contributed by atoms with Crippen molar-refractivity contribution in [3.05, 3.63) is 89.5 Å². The first-order chi connectivity index (χ1) is 21.8. The van der Waals surface area contributed by atoms with Crippen molar-refractivity contribution in [2.24, 2.45) is 0 Å². The number of nitrogens with one attached hydrogen (secondary N) is 3. The van der Waals surface area contributed by atoms with Crippen LogP contribution in [-0.2, 0) is 31.0 Å². The van der Waals surface area contributed by atoms with Gasteiger partial charge in [0.25, 0.3) is 5.91 Å². The molecule has 0 bridgehead atoms. The Balaban J connectivity index is 1.60. The molecule has 9 heteroatoms. The zero-order valence-corrected chi connectivity index (χ0v) is 26.9. The minimum Gasteiger partial charge on any atom is -0.351 e. The van der Waals surface area contributed by atoms with E-state index in [1.807, 2.05) is 63.2 Å². The zero-order valence-electron chi connectivity index (χ0n) is 26.9. The van der Waals surface area contributed by atoms with Crippen LogP contribution in [0.3, 0.4) is 0 Å². The van der Waals surface area contributed by atoms with Crippen molar-refractivity contribution in [1.29, 1.82) is 0 Å². The van der Waals surface area contributed by atoms with Crippen LogP contribution in [0, 0.1) is 6.92 Å². The Morgan fingerprint density at radius 3 is 2.13 bits per heavy atom. The third-order valence-corrected chi connectivity index (χ3v) is 7.92. The van der Waals surface area contributed by atoms with Crippen LogP contribution in [0.1, 0.15) is 69.6 Å². The van der Waals surface area contributed by atoms with E-state index in [4.69, 9.17) is 9.47 Å². The second-order valence-electron chi connectivity index (χ2n) is 11.4. The van der Waals surface area contributed by atoms with E-state index in [2.05, 4.69) is 22.9 Å². The summed E-state index contributed by atoms with van der Waals surface area (Å²) < 4.78 is 11.5. The van der Waals surface area contributed by atoms with Crippen molar-refractivity contribution in [3.63, 3.8) is 0 Å². The number of hydrogen-bond donors (Lipinski definition) is 3. The molecule has 240 valence electrons. The van der Waals surface area contributed by atoms with E-state index < -0.39 is 29.7 Å². The SMILES string of the molecule is CCCCCCc1ccc(NC(=O)CC2(NC(=O)Nc3ccc(C)cc3)C(=O)N(CC(OCC)OCC)c3ccccc32)cc1. The van der Waals surface area contributed by atoms with Gasteiger partial charge in [0.1, 0.15) is 0 Å². The summed E-state index contributed by atoms with van der Waals surface area (Å²) in [5, 5.41) is 8.67. The van der Waals surface area contributed by atoms with E-state index in [1.54, 1.807) is 30.3 Å². The molecule has 0 fully saturated rings. The first-order valence-corrected chi connectivity index (χ1v) is 16.0. The van der Waals surface area contributed by atoms with Gasteiger partial charge in [-0.25, -0.2) is 4.79 Å². The fraction of sp³-hybridized carbons (Fsp3) is 0.417. The van der Waals surface area contributed by atoms with Crippen LogP contribution >= 0.6 is 0 Å². The highest BCUT2D eigenvalue weighted by Gasteiger charge is 2.53. The van der Waals surface area contributed by atoms with Gasteiger partial charge >= 0.3 is 6.03 Å². The maximum atomic E-state index is 14.4. The minimum atomic E-state index is -1.67. The number of carbonyl (C=O) groups is 3. The Morgan fingerprint density at radius 1 is 0.822 bits per heavy atom. The fourth-order valence-corrected chi connectivity index (χ4v) is 5.67. The van der Waals surface area contributed by atoms with Crippen molar-refractivity contribution < 1.29 is 23.9 Å². The molecule has 9 nitrogen and oxygen atoms in total. The number of fused-ring (bicyclic) bond motifs is 1. The van der Waals surface area contributed by atoms with E-state index in [0.717, 1.165) is 18.4 Å². The van der Waals surface area contributed by atoms with Gasteiger partial charge in [0.2, 0.25) is 5.91 Å². The number of urea groups is 1. The summed E-state index contributed by atoms with van der Waals surface area (Å²) in [4.78, 5) is 43.1. The second kappa shape index (κ2) is 16.2. The average molecular weight is 615 g/mol. The van der Waals surface area contributed by atoms with Gasteiger partial charge in [0.05, 0.1) is 18.7 Å². The number of carbonyl (C=O) groups excluding carboxylic acids is 3. The third kappa shape index (κ3) is 8.71. The molecule has 1 unspecified atom stereocenters. The molecular weight excluding hydrogens is 568 g/mol. The van der Waals surface area contributed by atoms with Crippen molar-refractivity contribution in [1.82, 2.24) is 5.32 Å². The molecule has 3 N–H and O–H groups in total.